The van der Waals surface area contributed by atoms with Gasteiger partial charge in [0.25, 0.3) is 0 Å². The Kier molecular flexibility index (Phi) is 4.11. The zero-order valence-corrected chi connectivity index (χ0v) is 9.72. The predicted octanol–water partition coefficient (Wildman–Crippen LogP) is -0.756. The number of hydrogen-bond donors (Lipinski definition) is 3. The van der Waals surface area contributed by atoms with Gasteiger partial charge in [-0.3, -0.25) is 9.48 Å². The molecule has 3 N–H and O–H groups in total. The number of aliphatic hydroxyl groups excluding tert-OH is 1. The molecule has 0 bridgehead atoms. The first-order valence-electron chi connectivity index (χ1n) is 5.90. The molecule has 0 spiro atoms. The van der Waals surface area contributed by atoms with Crippen molar-refractivity contribution in [1.82, 2.24) is 20.4 Å². The van der Waals surface area contributed by atoms with Crippen LogP contribution in [0, 0.1) is 0 Å². The van der Waals surface area contributed by atoms with E-state index in [2.05, 4.69) is 15.7 Å². The van der Waals surface area contributed by atoms with E-state index < -0.39 is 0 Å². The van der Waals surface area contributed by atoms with Crippen LogP contribution in [0.5, 0.6) is 0 Å². The van der Waals surface area contributed by atoms with Crippen molar-refractivity contribution >= 4 is 5.91 Å². The summed E-state index contributed by atoms with van der Waals surface area (Å²) in [6, 6.07) is 0.259. The van der Waals surface area contributed by atoms with E-state index in [9.17, 15) is 4.79 Å². The SMILES string of the molecule is O=C1CCC(CNCc2cnn(CCO)c2)N1. The molecule has 6 nitrogen and oxygen atoms in total. The van der Waals surface area contributed by atoms with Crippen molar-refractivity contribution in [2.45, 2.75) is 32.0 Å². The molecule has 1 aliphatic rings. The van der Waals surface area contributed by atoms with Gasteiger partial charge in [-0.05, 0) is 6.42 Å². The summed E-state index contributed by atoms with van der Waals surface area (Å²) in [6.07, 6.45) is 5.25. The first kappa shape index (κ1) is 12.1. The molecule has 2 rings (SSSR count). The first-order valence-corrected chi connectivity index (χ1v) is 5.90. The molecule has 1 saturated heterocycles. The van der Waals surface area contributed by atoms with Crippen molar-refractivity contribution in [2.24, 2.45) is 0 Å². The predicted molar refractivity (Wildman–Crippen MR) is 62.2 cm³/mol. The lowest BCUT2D eigenvalue weighted by atomic mass is 10.2. The van der Waals surface area contributed by atoms with Crippen LogP contribution < -0.4 is 10.6 Å². The zero-order valence-electron chi connectivity index (χ0n) is 9.72. The molecule has 17 heavy (non-hydrogen) atoms. The summed E-state index contributed by atoms with van der Waals surface area (Å²) in [5.74, 6) is 0.146. The summed E-state index contributed by atoms with van der Waals surface area (Å²) >= 11 is 0. The Bertz CT molecular complexity index is 377. The second-order valence-electron chi connectivity index (χ2n) is 4.27. The quantitative estimate of drug-likeness (QED) is 0.609. The van der Waals surface area contributed by atoms with Gasteiger partial charge in [0.15, 0.2) is 0 Å². The van der Waals surface area contributed by atoms with Crippen LogP contribution in [0.3, 0.4) is 0 Å². The summed E-state index contributed by atoms with van der Waals surface area (Å²) in [4.78, 5) is 11.0. The summed E-state index contributed by atoms with van der Waals surface area (Å²) in [7, 11) is 0. The normalized spacial score (nSPS) is 19.6. The van der Waals surface area contributed by atoms with Gasteiger partial charge in [0, 0.05) is 37.3 Å². The van der Waals surface area contributed by atoms with E-state index in [4.69, 9.17) is 5.11 Å². The van der Waals surface area contributed by atoms with Gasteiger partial charge < -0.3 is 15.7 Å². The van der Waals surface area contributed by atoms with Crippen molar-refractivity contribution in [3.05, 3.63) is 18.0 Å². The lowest BCUT2D eigenvalue weighted by Crippen LogP contribution is -2.35. The minimum absolute atomic E-state index is 0.0999. The number of carbonyl (C=O) groups excluding carboxylic acids is 1. The average molecular weight is 238 g/mol. The van der Waals surface area contributed by atoms with Crippen molar-refractivity contribution in [3.63, 3.8) is 0 Å². The highest BCUT2D eigenvalue weighted by molar-refractivity contribution is 5.78. The van der Waals surface area contributed by atoms with E-state index in [1.165, 1.54) is 0 Å². The highest BCUT2D eigenvalue weighted by atomic mass is 16.3. The Morgan fingerprint density at radius 1 is 1.65 bits per heavy atom. The maximum Gasteiger partial charge on any atom is 0.220 e. The molecule has 0 aliphatic carbocycles. The molecular weight excluding hydrogens is 220 g/mol. The molecule has 6 heteroatoms. The Hall–Kier alpha value is -1.40. The third kappa shape index (κ3) is 3.54. The van der Waals surface area contributed by atoms with Crippen molar-refractivity contribution in [1.29, 1.82) is 0 Å². The van der Waals surface area contributed by atoms with Crippen molar-refractivity contribution in [3.8, 4) is 0 Å². The van der Waals surface area contributed by atoms with Gasteiger partial charge in [-0.25, -0.2) is 0 Å². The Morgan fingerprint density at radius 3 is 3.24 bits per heavy atom. The van der Waals surface area contributed by atoms with Gasteiger partial charge in [0.1, 0.15) is 0 Å². The van der Waals surface area contributed by atoms with Crippen molar-refractivity contribution < 1.29 is 9.90 Å². The van der Waals surface area contributed by atoms with Crippen LogP contribution in [0.1, 0.15) is 18.4 Å². The number of aliphatic hydroxyl groups is 1. The number of nitrogens with zero attached hydrogens (tertiary/aromatic N) is 2. The first-order chi connectivity index (χ1) is 8.28. The number of nitrogens with one attached hydrogen (secondary N) is 2. The molecule has 1 unspecified atom stereocenters. The second kappa shape index (κ2) is 5.79. The highest BCUT2D eigenvalue weighted by Gasteiger charge is 2.19. The molecule has 1 aromatic rings. The summed E-state index contributed by atoms with van der Waals surface area (Å²) < 4.78 is 1.72. The third-order valence-electron chi connectivity index (χ3n) is 2.82. The molecule has 0 aromatic carbocycles. The molecule has 1 atom stereocenters. The van der Waals surface area contributed by atoms with Crippen LogP contribution in [-0.4, -0.2) is 40.0 Å². The Morgan fingerprint density at radius 2 is 2.53 bits per heavy atom. The maximum absolute atomic E-state index is 11.0. The molecule has 1 aliphatic heterocycles. The molecule has 0 radical (unpaired) electrons. The third-order valence-corrected chi connectivity index (χ3v) is 2.82. The van der Waals surface area contributed by atoms with E-state index in [0.29, 0.717) is 13.0 Å². The molecule has 2 heterocycles. The number of carbonyl (C=O) groups is 1. The summed E-state index contributed by atoms with van der Waals surface area (Å²) in [6.45, 7) is 2.15. The van der Waals surface area contributed by atoms with Gasteiger partial charge in [0.2, 0.25) is 5.91 Å². The summed E-state index contributed by atoms with van der Waals surface area (Å²) in [5.41, 5.74) is 1.09. The fourth-order valence-electron chi connectivity index (χ4n) is 1.94. The molecule has 94 valence electrons. The van der Waals surface area contributed by atoms with Gasteiger partial charge in [-0.15, -0.1) is 0 Å². The number of rotatable bonds is 6. The minimum atomic E-state index is 0.0999. The number of amides is 1. The van der Waals surface area contributed by atoms with Gasteiger partial charge in [-0.2, -0.15) is 5.10 Å². The second-order valence-corrected chi connectivity index (χ2v) is 4.27. The molecule has 1 fully saturated rings. The molecular formula is C11H18N4O2. The topological polar surface area (TPSA) is 79.2 Å². The molecule has 0 saturated carbocycles. The van der Waals surface area contributed by atoms with E-state index in [0.717, 1.165) is 25.1 Å². The van der Waals surface area contributed by atoms with Crippen LogP contribution in [0.15, 0.2) is 12.4 Å². The monoisotopic (exact) mass is 238 g/mol. The molecule has 1 amide bonds. The smallest absolute Gasteiger partial charge is 0.220 e. The Balaban J connectivity index is 1.68. The average Bonchev–Trinajstić information content (AvgIpc) is 2.89. The molecule has 1 aromatic heterocycles. The number of aromatic nitrogens is 2. The van der Waals surface area contributed by atoms with E-state index in [1.807, 2.05) is 6.20 Å². The van der Waals surface area contributed by atoms with Gasteiger partial charge in [-0.1, -0.05) is 0 Å². The fraction of sp³-hybridized carbons (Fsp3) is 0.636. The maximum atomic E-state index is 11.0. The lowest BCUT2D eigenvalue weighted by Gasteiger charge is -2.10. The minimum Gasteiger partial charge on any atom is -0.394 e. The van der Waals surface area contributed by atoms with Crippen LogP contribution >= 0.6 is 0 Å². The Labute approximate surface area is 100 Å². The number of hydrogen-bond acceptors (Lipinski definition) is 4. The van der Waals surface area contributed by atoms with Gasteiger partial charge in [0.05, 0.1) is 19.3 Å². The van der Waals surface area contributed by atoms with Gasteiger partial charge >= 0.3 is 0 Å². The standard InChI is InChI=1S/C11H18N4O2/c16-4-3-15-8-9(6-13-15)5-12-7-10-1-2-11(17)14-10/h6,8,10,12,16H,1-5,7H2,(H,14,17). The lowest BCUT2D eigenvalue weighted by molar-refractivity contribution is -0.119. The van der Waals surface area contributed by atoms with Crippen LogP contribution in [0.25, 0.3) is 0 Å². The highest BCUT2D eigenvalue weighted by Crippen LogP contribution is 2.05. The van der Waals surface area contributed by atoms with Crippen molar-refractivity contribution in [2.75, 3.05) is 13.2 Å². The summed E-state index contributed by atoms with van der Waals surface area (Å²) in [5, 5.41) is 19.1. The fourth-order valence-corrected chi connectivity index (χ4v) is 1.94. The largest absolute Gasteiger partial charge is 0.394 e. The van der Waals surface area contributed by atoms with E-state index in [-0.39, 0.29) is 18.6 Å². The zero-order chi connectivity index (χ0) is 12.1. The van der Waals surface area contributed by atoms with E-state index >= 15 is 0 Å². The van der Waals surface area contributed by atoms with Crippen LogP contribution in [0.4, 0.5) is 0 Å². The van der Waals surface area contributed by atoms with Crippen LogP contribution in [-0.2, 0) is 17.9 Å². The van der Waals surface area contributed by atoms with Crippen LogP contribution in [0.2, 0.25) is 0 Å². The van der Waals surface area contributed by atoms with E-state index in [1.54, 1.807) is 10.9 Å².